The normalized spacial score (nSPS) is 20.7. The molecule has 4 aliphatic carbocycles. The lowest BCUT2D eigenvalue weighted by Gasteiger charge is -2.44. The van der Waals surface area contributed by atoms with Gasteiger partial charge < -0.3 is 40.1 Å². The number of fused-ring (bicyclic) bond motifs is 1. The molecule has 47 heavy (non-hydrogen) atoms. The van der Waals surface area contributed by atoms with Gasteiger partial charge in [0.05, 0.1) is 41.1 Å². The van der Waals surface area contributed by atoms with E-state index in [2.05, 4.69) is 4.74 Å². The minimum atomic E-state index is -1.56. The first kappa shape index (κ1) is 31.2. The van der Waals surface area contributed by atoms with Gasteiger partial charge in [0, 0.05) is 11.1 Å². The number of phenols is 5. The minimum absolute atomic E-state index is 0.0891. The number of ketones is 2. The molecule has 12 nitrogen and oxygen atoms in total. The fourth-order valence-electron chi connectivity index (χ4n) is 6.93. The van der Waals surface area contributed by atoms with Crippen LogP contribution >= 0.6 is 0 Å². The molecular weight excluding hydrogens is 612 g/mol. The summed E-state index contributed by atoms with van der Waals surface area (Å²) in [5, 5.41) is 66.3. The van der Waals surface area contributed by atoms with Crippen LogP contribution < -0.4 is 0 Å². The number of aryl methyl sites for hydroxylation is 1. The quantitative estimate of drug-likeness (QED) is 0.0982. The van der Waals surface area contributed by atoms with E-state index in [-0.39, 0.29) is 40.0 Å². The van der Waals surface area contributed by atoms with E-state index in [1.165, 1.54) is 12.1 Å². The molecule has 0 saturated heterocycles. The summed E-state index contributed by atoms with van der Waals surface area (Å²) >= 11 is 0. The van der Waals surface area contributed by atoms with Gasteiger partial charge in [-0.15, -0.1) is 0 Å². The molecule has 0 amide bonds. The maximum Gasteiger partial charge on any atom is 0.342 e. The molecule has 242 valence electrons. The molecule has 6 N–H and O–H groups in total. The molecule has 3 aromatic rings. The number of carbonyl (C=O) groups excluding carboxylic acids is 4. The number of esters is 2. The van der Waals surface area contributed by atoms with Gasteiger partial charge in [0.2, 0.25) is 5.78 Å². The van der Waals surface area contributed by atoms with Crippen LogP contribution in [-0.2, 0) is 25.5 Å². The second-order valence-corrected chi connectivity index (χ2v) is 12.2. The molecule has 3 aromatic carbocycles. The number of ether oxygens (including phenoxy) is 2. The number of hydrogen-bond acceptors (Lipinski definition) is 12. The SMILES string of the molecule is COC(=O)c1c(O)ccc(O)c1C(=O)c1c(O)cc2c(c1O)[C@@H]1C=C[C@]3(C2)C(=C(O)c2c(O)cc(C)cc2[C@@H]3OC(=O)C(C)C)C1=O. The van der Waals surface area contributed by atoms with Crippen molar-refractivity contribution in [2.24, 2.45) is 11.3 Å². The fraction of sp³-hybridized carbons (Fsp3) is 0.257. The van der Waals surface area contributed by atoms with Gasteiger partial charge in [-0.2, -0.15) is 0 Å². The molecule has 0 radical (unpaired) electrons. The second kappa shape index (κ2) is 10.6. The highest BCUT2D eigenvalue weighted by Gasteiger charge is 2.58. The summed E-state index contributed by atoms with van der Waals surface area (Å²) in [6.45, 7) is 4.94. The minimum Gasteiger partial charge on any atom is -0.507 e. The van der Waals surface area contributed by atoms with Gasteiger partial charge >= 0.3 is 11.9 Å². The Bertz CT molecular complexity index is 2020. The van der Waals surface area contributed by atoms with Crippen molar-refractivity contribution >= 4 is 29.3 Å². The van der Waals surface area contributed by atoms with Gasteiger partial charge in [-0.3, -0.25) is 14.4 Å². The Balaban J connectivity index is 1.61. The lowest BCUT2D eigenvalue weighted by molar-refractivity contribution is -0.158. The van der Waals surface area contributed by atoms with Crippen molar-refractivity contribution in [1.29, 1.82) is 0 Å². The predicted molar refractivity (Wildman–Crippen MR) is 163 cm³/mol. The van der Waals surface area contributed by atoms with Crippen molar-refractivity contribution in [1.82, 2.24) is 0 Å². The van der Waals surface area contributed by atoms with Gasteiger partial charge in [0.25, 0.3) is 0 Å². The number of hydrogen-bond donors (Lipinski definition) is 6. The largest absolute Gasteiger partial charge is 0.507 e. The number of benzene rings is 3. The van der Waals surface area contributed by atoms with Crippen molar-refractivity contribution in [3.8, 4) is 28.7 Å². The van der Waals surface area contributed by atoms with Gasteiger partial charge in [-0.05, 0) is 48.7 Å². The number of aliphatic hydroxyl groups is 1. The topological polar surface area (TPSA) is 208 Å². The molecule has 0 saturated carbocycles. The zero-order chi connectivity index (χ0) is 34.3. The van der Waals surface area contributed by atoms with Crippen molar-refractivity contribution in [3.05, 3.63) is 92.6 Å². The standard InChI is InChI=1S/C35H30O12/c1-13(2)33(44)47-32-17-9-14(3)10-20(38)23(17)31(43)27-28(40)16-7-8-35(27,32)12-15-11-21(39)26(29(41)22(15)16)30(42)24-18(36)5-6-19(37)25(24)34(45)46-4/h5-11,13,16,32,36-39,41,43H,12H2,1-4H3/t16-,32-,35-/m0/s1. The number of carbonyl (C=O) groups is 4. The molecule has 3 atom stereocenters. The van der Waals surface area contributed by atoms with E-state index in [1.54, 1.807) is 32.9 Å². The van der Waals surface area contributed by atoms with E-state index in [9.17, 15) is 49.8 Å². The lowest BCUT2D eigenvalue weighted by atomic mass is 9.61. The number of aliphatic hydroxyl groups excluding tert-OH is 1. The lowest BCUT2D eigenvalue weighted by Crippen LogP contribution is -2.42. The average Bonchev–Trinajstić information content (AvgIpc) is 3.22. The molecule has 4 aliphatic rings. The third-order valence-corrected chi connectivity index (χ3v) is 9.01. The van der Waals surface area contributed by atoms with Crippen molar-refractivity contribution in [2.75, 3.05) is 7.11 Å². The van der Waals surface area contributed by atoms with E-state index in [0.29, 0.717) is 5.56 Å². The van der Waals surface area contributed by atoms with Crippen LogP contribution in [0.5, 0.6) is 28.7 Å². The molecule has 0 aromatic heterocycles. The molecule has 2 bridgehead atoms. The summed E-state index contributed by atoms with van der Waals surface area (Å²) in [6.07, 6.45) is 1.57. The number of aromatic hydroxyl groups is 5. The number of methoxy groups -OCH3 is 1. The molecule has 0 aliphatic heterocycles. The number of rotatable bonds is 5. The van der Waals surface area contributed by atoms with Gasteiger partial charge in [-0.25, -0.2) is 4.79 Å². The summed E-state index contributed by atoms with van der Waals surface area (Å²) in [5.41, 5.74) is -3.23. The Labute approximate surface area is 267 Å². The van der Waals surface area contributed by atoms with Crippen LogP contribution in [0.4, 0.5) is 0 Å². The maximum absolute atomic E-state index is 14.3. The Kier molecular flexibility index (Phi) is 7.07. The zero-order valence-corrected chi connectivity index (χ0v) is 25.6. The van der Waals surface area contributed by atoms with Crippen molar-refractivity contribution < 1.29 is 59.3 Å². The first-order valence-corrected chi connectivity index (χ1v) is 14.6. The van der Waals surface area contributed by atoms with Crippen LogP contribution in [0.15, 0.2) is 48.1 Å². The smallest absolute Gasteiger partial charge is 0.342 e. The number of phenolic OH excluding ortho intramolecular Hbond substituents is 5. The Morgan fingerprint density at radius 3 is 2.19 bits per heavy atom. The summed E-state index contributed by atoms with van der Waals surface area (Å²) in [4.78, 5) is 53.8. The third kappa shape index (κ3) is 4.35. The number of Topliss-reactive ketones (excluding diaryl/α,β-unsaturated/α-hetero) is 1. The van der Waals surface area contributed by atoms with Crippen LogP contribution in [0.2, 0.25) is 0 Å². The second-order valence-electron chi connectivity index (χ2n) is 12.2. The molecule has 0 unspecified atom stereocenters. The highest BCUT2D eigenvalue weighted by atomic mass is 16.5. The van der Waals surface area contributed by atoms with Crippen molar-refractivity contribution in [2.45, 2.75) is 39.2 Å². The zero-order valence-electron chi connectivity index (χ0n) is 25.6. The Morgan fingerprint density at radius 1 is 0.894 bits per heavy atom. The highest BCUT2D eigenvalue weighted by molar-refractivity contribution is 6.20. The van der Waals surface area contributed by atoms with Crippen LogP contribution in [-0.4, -0.2) is 61.3 Å². The molecule has 0 heterocycles. The molecular formula is C35H30O12. The summed E-state index contributed by atoms with van der Waals surface area (Å²) in [5.74, 6) is -9.71. The van der Waals surface area contributed by atoms with Crippen molar-refractivity contribution in [3.63, 3.8) is 0 Å². The van der Waals surface area contributed by atoms with Crippen LogP contribution in [0, 0.1) is 18.3 Å². The molecule has 0 fully saturated rings. The average molecular weight is 643 g/mol. The third-order valence-electron chi connectivity index (χ3n) is 9.01. The highest BCUT2D eigenvalue weighted by Crippen LogP contribution is 2.62. The molecule has 7 rings (SSSR count). The van der Waals surface area contributed by atoms with Crippen LogP contribution in [0.3, 0.4) is 0 Å². The monoisotopic (exact) mass is 642 g/mol. The molecule has 1 spiro atoms. The van der Waals surface area contributed by atoms with E-state index < -0.39 is 92.3 Å². The Morgan fingerprint density at radius 2 is 1.55 bits per heavy atom. The Hall–Kier alpha value is -5.78. The summed E-state index contributed by atoms with van der Waals surface area (Å²) < 4.78 is 10.7. The summed E-state index contributed by atoms with van der Waals surface area (Å²) in [7, 11) is 0.986. The molecule has 12 heteroatoms. The van der Waals surface area contributed by atoms with Gasteiger partial charge in [0.1, 0.15) is 51.7 Å². The van der Waals surface area contributed by atoms with E-state index in [4.69, 9.17) is 4.74 Å². The first-order chi connectivity index (χ1) is 22.1. The van der Waals surface area contributed by atoms with E-state index >= 15 is 0 Å². The van der Waals surface area contributed by atoms with Gasteiger partial charge in [-0.1, -0.05) is 32.1 Å². The fourth-order valence-corrected chi connectivity index (χ4v) is 6.93. The number of allylic oxidation sites excluding steroid dienone is 1. The maximum atomic E-state index is 14.3. The van der Waals surface area contributed by atoms with E-state index in [0.717, 1.165) is 25.3 Å². The van der Waals surface area contributed by atoms with Crippen LogP contribution in [0.25, 0.3) is 5.76 Å². The van der Waals surface area contributed by atoms with E-state index in [1.807, 2.05) is 0 Å². The predicted octanol–water partition coefficient (Wildman–Crippen LogP) is 4.53. The summed E-state index contributed by atoms with van der Waals surface area (Å²) in [6, 6.07) is 6.05. The first-order valence-electron chi connectivity index (χ1n) is 14.6. The van der Waals surface area contributed by atoms with Crippen LogP contribution in [0.1, 0.15) is 80.0 Å². The van der Waals surface area contributed by atoms with Gasteiger partial charge in [0.15, 0.2) is 5.78 Å².